The Morgan fingerprint density at radius 1 is 1.10 bits per heavy atom. The largest absolute Gasteiger partial charge is 0.325 e. The first-order valence-electron chi connectivity index (χ1n) is 6.59. The van der Waals surface area contributed by atoms with Gasteiger partial charge in [-0.2, -0.15) is 0 Å². The number of halogens is 2. The average molecular weight is 412 g/mol. The van der Waals surface area contributed by atoms with Crippen LogP contribution in [0.3, 0.4) is 0 Å². The molecule has 0 aliphatic rings. The van der Waals surface area contributed by atoms with Crippen LogP contribution in [0.2, 0.25) is 0 Å². The first-order chi connectivity index (χ1) is 10.0. The Hall–Kier alpha value is -1.17. The zero-order valence-corrected chi connectivity index (χ0v) is 14.7. The van der Waals surface area contributed by atoms with E-state index in [2.05, 4.69) is 42.5 Å². The third-order valence-corrected chi connectivity index (χ3v) is 4.07. The highest BCUT2D eigenvalue weighted by Crippen LogP contribution is 2.18. The van der Waals surface area contributed by atoms with E-state index in [1.165, 1.54) is 0 Å². The van der Waals surface area contributed by atoms with Crippen molar-refractivity contribution in [2.75, 3.05) is 11.9 Å². The second-order valence-electron chi connectivity index (χ2n) is 4.71. The van der Waals surface area contributed by atoms with Gasteiger partial charge in [0.1, 0.15) is 0 Å². The molecule has 0 bridgehead atoms. The van der Waals surface area contributed by atoms with E-state index in [4.69, 9.17) is 0 Å². The normalized spacial score (nSPS) is 12.0. The van der Waals surface area contributed by atoms with Gasteiger partial charge in [-0.15, -0.1) is 0 Å². The summed E-state index contributed by atoms with van der Waals surface area (Å²) in [4.78, 5) is 11.9. The second kappa shape index (κ2) is 7.73. The van der Waals surface area contributed by atoms with Crippen molar-refractivity contribution in [1.82, 2.24) is 5.32 Å². The first kappa shape index (κ1) is 16.2. The summed E-state index contributed by atoms with van der Waals surface area (Å²) in [6.45, 7) is 2.30. The van der Waals surface area contributed by atoms with Crippen molar-refractivity contribution in [2.24, 2.45) is 0 Å². The molecular formula is C16H16Br2N2O. The Morgan fingerprint density at radius 2 is 1.81 bits per heavy atom. The van der Waals surface area contributed by atoms with Gasteiger partial charge >= 0.3 is 0 Å². The SMILES string of the molecule is C[C@H](NCC(=O)Nc1ccc(Br)cc1)c1cccc(Br)c1. The molecule has 1 amide bonds. The van der Waals surface area contributed by atoms with Gasteiger partial charge in [0.15, 0.2) is 0 Å². The molecule has 0 spiro atoms. The lowest BCUT2D eigenvalue weighted by Crippen LogP contribution is -2.30. The molecule has 2 aromatic rings. The summed E-state index contributed by atoms with van der Waals surface area (Å²) in [6.07, 6.45) is 0. The van der Waals surface area contributed by atoms with E-state index in [0.717, 1.165) is 20.2 Å². The molecule has 21 heavy (non-hydrogen) atoms. The fraction of sp³-hybridized carbons (Fsp3) is 0.188. The molecule has 0 unspecified atom stereocenters. The molecule has 0 heterocycles. The van der Waals surface area contributed by atoms with Crippen molar-refractivity contribution < 1.29 is 4.79 Å². The molecule has 110 valence electrons. The predicted molar refractivity (Wildman–Crippen MR) is 93.3 cm³/mol. The quantitative estimate of drug-likeness (QED) is 0.760. The maximum absolute atomic E-state index is 11.9. The first-order valence-corrected chi connectivity index (χ1v) is 8.17. The smallest absolute Gasteiger partial charge is 0.238 e. The van der Waals surface area contributed by atoms with Crippen LogP contribution in [0, 0.1) is 0 Å². The Bertz CT molecular complexity index is 614. The summed E-state index contributed by atoms with van der Waals surface area (Å²) < 4.78 is 2.02. The highest BCUT2D eigenvalue weighted by atomic mass is 79.9. The highest BCUT2D eigenvalue weighted by molar-refractivity contribution is 9.10. The zero-order valence-electron chi connectivity index (χ0n) is 11.6. The molecule has 0 aliphatic heterocycles. The summed E-state index contributed by atoms with van der Waals surface area (Å²) in [5.41, 5.74) is 1.93. The Morgan fingerprint density at radius 3 is 2.48 bits per heavy atom. The third-order valence-electron chi connectivity index (χ3n) is 3.05. The average Bonchev–Trinajstić information content (AvgIpc) is 2.47. The minimum Gasteiger partial charge on any atom is -0.325 e. The second-order valence-corrected chi connectivity index (χ2v) is 6.54. The monoisotopic (exact) mass is 410 g/mol. The van der Waals surface area contributed by atoms with Gasteiger partial charge in [-0.25, -0.2) is 0 Å². The topological polar surface area (TPSA) is 41.1 Å². The minimum absolute atomic E-state index is 0.0563. The van der Waals surface area contributed by atoms with E-state index in [1.807, 2.05) is 55.5 Å². The molecule has 0 aromatic heterocycles. The molecular weight excluding hydrogens is 396 g/mol. The minimum atomic E-state index is -0.0563. The standard InChI is InChI=1S/C16H16Br2N2O/c1-11(12-3-2-4-14(18)9-12)19-10-16(21)20-15-7-5-13(17)6-8-15/h2-9,11,19H,10H2,1H3,(H,20,21)/t11-/m0/s1. The molecule has 1 atom stereocenters. The van der Waals surface area contributed by atoms with Gasteiger partial charge in [0.2, 0.25) is 5.91 Å². The molecule has 2 aromatic carbocycles. The fourth-order valence-corrected chi connectivity index (χ4v) is 2.56. The van der Waals surface area contributed by atoms with Gasteiger partial charge in [0.05, 0.1) is 6.54 Å². The van der Waals surface area contributed by atoms with E-state index >= 15 is 0 Å². The van der Waals surface area contributed by atoms with Crippen molar-refractivity contribution in [2.45, 2.75) is 13.0 Å². The van der Waals surface area contributed by atoms with Crippen molar-refractivity contribution in [3.63, 3.8) is 0 Å². The summed E-state index contributed by atoms with van der Waals surface area (Å²) in [7, 11) is 0. The van der Waals surface area contributed by atoms with Crippen LogP contribution in [0.5, 0.6) is 0 Å². The zero-order chi connectivity index (χ0) is 15.2. The van der Waals surface area contributed by atoms with Crippen LogP contribution in [-0.2, 0) is 4.79 Å². The fourth-order valence-electron chi connectivity index (χ4n) is 1.88. The molecule has 5 heteroatoms. The van der Waals surface area contributed by atoms with Gasteiger partial charge in [0, 0.05) is 20.7 Å². The lowest BCUT2D eigenvalue weighted by atomic mass is 10.1. The van der Waals surface area contributed by atoms with Gasteiger partial charge in [-0.05, 0) is 48.9 Å². The maximum Gasteiger partial charge on any atom is 0.238 e. The van der Waals surface area contributed by atoms with Crippen LogP contribution in [0.4, 0.5) is 5.69 Å². The van der Waals surface area contributed by atoms with Crippen LogP contribution in [-0.4, -0.2) is 12.5 Å². The van der Waals surface area contributed by atoms with Crippen molar-refractivity contribution in [3.05, 3.63) is 63.0 Å². The molecule has 0 saturated carbocycles. The molecule has 2 rings (SSSR count). The molecule has 0 fully saturated rings. The summed E-state index contributed by atoms with van der Waals surface area (Å²) in [5.74, 6) is -0.0563. The number of rotatable bonds is 5. The molecule has 0 radical (unpaired) electrons. The molecule has 3 nitrogen and oxygen atoms in total. The van der Waals surface area contributed by atoms with Gasteiger partial charge in [-0.1, -0.05) is 44.0 Å². The van der Waals surface area contributed by atoms with Crippen LogP contribution < -0.4 is 10.6 Å². The summed E-state index contributed by atoms with van der Waals surface area (Å²) in [5, 5.41) is 6.07. The number of amides is 1. The van der Waals surface area contributed by atoms with E-state index in [-0.39, 0.29) is 18.5 Å². The molecule has 2 N–H and O–H groups in total. The Balaban J connectivity index is 1.84. The van der Waals surface area contributed by atoms with E-state index in [1.54, 1.807) is 0 Å². The molecule has 0 saturated heterocycles. The van der Waals surface area contributed by atoms with Crippen LogP contribution >= 0.6 is 31.9 Å². The number of hydrogen-bond acceptors (Lipinski definition) is 2. The number of anilines is 1. The van der Waals surface area contributed by atoms with Gasteiger partial charge in [0.25, 0.3) is 0 Å². The number of benzene rings is 2. The van der Waals surface area contributed by atoms with Gasteiger partial charge in [-0.3, -0.25) is 4.79 Å². The summed E-state index contributed by atoms with van der Waals surface area (Å²) in [6, 6.07) is 15.7. The predicted octanol–water partition coefficient (Wildman–Crippen LogP) is 4.50. The van der Waals surface area contributed by atoms with Gasteiger partial charge < -0.3 is 10.6 Å². The van der Waals surface area contributed by atoms with Crippen LogP contribution in [0.25, 0.3) is 0 Å². The van der Waals surface area contributed by atoms with Crippen molar-refractivity contribution in [3.8, 4) is 0 Å². The van der Waals surface area contributed by atoms with E-state index < -0.39 is 0 Å². The van der Waals surface area contributed by atoms with Crippen molar-refractivity contribution in [1.29, 1.82) is 0 Å². The number of nitrogens with one attached hydrogen (secondary N) is 2. The number of carbonyl (C=O) groups excluding carboxylic acids is 1. The Labute approximate surface area is 141 Å². The highest BCUT2D eigenvalue weighted by Gasteiger charge is 2.08. The van der Waals surface area contributed by atoms with Crippen molar-refractivity contribution >= 4 is 43.5 Å². The Kier molecular flexibility index (Phi) is 5.96. The maximum atomic E-state index is 11.9. The lowest BCUT2D eigenvalue weighted by Gasteiger charge is -2.14. The lowest BCUT2D eigenvalue weighted by molar-refractivity contribution is -0.115. The van der Waals surface area contributed by atoms with Crippen LogP contribution in [0.15, 0.2) is 57.5 Å². The number of carbonyl (C=O) groups is 1. The van der Waals surface area contributed by atoms with E-state index in [0.29, 0.717) is 0 Å². The summed E-state index contributed by atoms with van der Waals surface area (Å²) >= 11 is 6.81. The van der Waals surface area contributed by atoms with Crippen LogP contribution in [0.1, 0.15) is 18.5 Å². The number of hydrogen-bond donors (Lipinski definition) is 2. The molecule has 0 aliphatic carbocycles. The van der Waals surface area contributed by atoms with E-state index in [9.17, 15) is 4.79 Å². The third kappa shape index (κ3) is 5.26.